The van der Waals surface area contributed by atoms with Crippen molar-refractivity contribution in [3.8, 4) is 5.75 Å². The topological polar surface area (TPSA) is 64.3 Å². The number of carbonyl (C=O) groups is 1. The van der Waals surface area contributed by atoms with Gasteiger partial charge in [0.2, 0.25) is 0 Å². The van der Waals surface area contributed by atoms with E-state index in [9.17, 15) is 4.79 Å². The molecule has 4 nitrogen and oxygen atoms in total. The van der Waals surface area contributed by atoms with E-state index in [1.165, 1.54) is 0 Å². The molecule has 0 aliphatic carbocycles. The molecule has 0 bridgehead atoms. The Labute approximate surface area is 121 Å². The lowest BCUT2D eigenvalue weighted by molar-refractivity contribution is -0.127. The van der Waals surface area contributed by atoms with Gasteiger partial charge in [-0.25, -0.2) is 0 Å². The van der Waals surface area contributed by atoms with Crippen molar-refractivity contribution in [2.75, 3.05) is 0 Å². The number of amides is 1. The summed E-state index contributed by atoms with van der Waals surface area (Å²) in [4.78, 5) is 11.9. The third kappa shape index (κ3) is 5.21. The van der Waals surface area contributed by atoms with Crippen LogP contribution < -0.4 is 15.8 Å². The second kappa shape index (κ2) is 7.90. The summed E-state index contributed by atoms with van der Waals surface area (Å²) in [5.74, 6) is 0.636. The van der Waals surface area contributed by atoms with Crippen molar-refractivity contribution in [3.05, 3.63) is 29.8 Å². The Morgan fingerprint density at radius 3 is 2.55 bits per heavy atom. The quantitative estimate of drug-likeness (QED) is 0.804. The highest BCUT2D eigenvalue weighted by atomic mass is 16.5. The van der Waals surface area contributed by atoms with Gasteiger partial charge in [-0.2, -0.15) is 0 Å². The number of para-hydroxylation sites is 1. The number of benzene rings is 1. The summed E-state index contributed by atoms with van der Waals surface area (Å²) in [7, 11) is 0. The molecule has 0 aliphatic rings. The number of ether oxygens (including phenoxy) is 1. The van der Waals surface area contributed by atoms with Crippen molar-refractivity contribution in [3.63, 3.8) is 0 Å². The smallest absolute Gasteiger partial charge is 0.260 e. The molecular formula is C16H26N2O2. The lowest BCUT2D eigenvalue weighted by Crippen LogP contribution is -2.40. The van der Waals surface area contributed by atoms with Crippen molar-refractivity contribution < 1.29 is 9.53 Å². The van der Waals surface area contributed by atoms with E-state index in [1.54, 1.807) is 6.92 Å². The van der Waals surface area contributed by atoms with Crippen LogP contribution in [0, 0.1) is 0 Å². The van der Waals surface area contributed by atoms with Gasteiger partial charge in [0.15, 0.2) is 6.10 Å². The second-order valence-electron chi connectivity index (χ2n) is 5.40. The number of hydrogen-bond acceptors (Lipinski definition) is 3. The van der Waals surface area contributed by atoms with Crippen LogP contribution in [0.2, 0.25) is 0 Å². The van der Waals surface area contributed by atoms with Crippen LogP contribution in [0.5, 0.6) is 5.75 Å². The minimum absolute atomic E-state index is 0.102. The summed E-state index contributed by atoms with van der Waals surface area (Å²) in [5.41, 5.74) is 7.04. The Kier molecular flexibility index (Phi) is 6.52. The van der Waals surface area contributed by atoms with Crippen LogP contribution in [0.25, 0.3) is 0 Å². The van der Waals surface area contributed by atoms with Crippen LogP contribution in [0.15, 0.2) is 24.3 Å². The Morgan fingerprint density at radius 2 is 1.95 bits per heavy atom. The molecular weight excluding hydrogens is 252 g/mol. The van der Waals surface area contributed by atoms with Crippen molar-refractivity contribution in [2.45, 2.75) is 58.7 Å². The van der Waals surface area contributed by atoms with Gasteiger partial charge < -0.3 is 15.8 Å². The molecule has 0 radical (unpaired) electrons. The standard InChI is InChI=1S/C16H26N2O2/c1-5-14(17)10-13-8-6-7-9-15(13)20-12(4)16(19)18-11(2)3/h6-9,11-12,14H,5,10,17H2,1-4H3,(H,18,19). The molecule has 0 spiro atoms. The molecule has 2 unspecified atom stereocenters. The summed E-state index contributed by atoms with van der Waals surface area (Å²) in [6.45, 7) is 7.68. The Bertz CT molecular complexity index is 432. The van der Waals surface area contributed by atoms with Crippen LogP contribution in [-0.2, 0) is 11.2 Å². The maximum Gasteiger partial charge on any atom is 0.260 e. The summed E-state index contributed by atoms with van der Waals surface area (Å²) in [6.07, 6.45) is 1.15. The monoisotopic (exact) mass is 278 g/mol. The van der Waals surface area contributed by atoms with Gasteiger partial charge >= 0.3 is 0 Å². The first-order valence-electron chi connectivity index (χ1n) is 7.24. The molecule has 0 fully saturated rings. The molecule has 1 amide bonds. The zero-order valence-corrected chi connectivity index (χ0v) is 12.8. The maximum absolute atomic E-state index is 11.9. The van der Waals surface area contributed by atoms with Crippen molar-refractivity contribution in [2.24, 2.45) is 5.73 Å². The Balaban J connectivity index is 2.74. The lowest BCUT2D eigenvalue weighted by atomic mass is 10.0. The van der Waals surface area contributed by atoms with E-state index in [1.807, 2.05) is 38.1 Å². The average Bonchev–Trinajstić information content (AvgIpc) is 2.39. The summed E-state index contributed by atoms with van der Waals surface area (Å²) in [5, 5.41) is 2.85. The van der Waals surface area contributed by atoms with Crippen molar-refractivity contribution >= 4 is 5.91 Å². The van der Waals surface area contributed by atoms with E-state index < -0.39 is 6.10 Å². The molecule has 1 aromatic carbocycles. The minimum atomic E-state index is -0.517. The average molecular weight is 278 g/mol. The van der Waals surface area contributed by atoms with E-state index in [-0.39, 0.29) is 18.0 Å². The molecule has 2 atom stereocenters. The molecule has 0 heterocycles. The fraction of sp³-hybridized carbons (Fsp3) is 0.562. The minimum Gasteiger partial charge on any atom is -0.481 e. The highest BCUT2D eigenvalue weighted by Crippen LogP contribution is 2.21. The van der Waals surface area contributed by atoms with Gasteiger partial charge in [0.05, 0.1) is 0 Å². The van der Waals surface area contributed by atoms with Crippen LogP contribution >= 0.6 is 0 Å². The molecule has 1 rings (SSSR count). The van der Waals surface area contributed by atoms with Crippen LogP contribution in [0.4, 0.5) is 0 Å². The van der Waals surface area contributed by atoms with Gasteiger partial charge in [-0.1, -0.05) is 25.1 Å². The molecule has 112 valence electrons. The summed E-state index contributed by atoms with van der Waals surface area (Å²) >= 11 is 0. The molecule has 0 saturated carbocycles. The van der Waals surface area contributed by atoms with Crippen LogP contribution in [-0.4, -0.2) is 24.1 Å². The van der Waals surface area contributed by atoms with Crippen LogP contribution in [0.3, 0.4) is 0 Å². The number of rotatable bonds is 7. The highest BCUT2D eigenvalue weighted by molar-refractivity contribution is 5.80. The predicted octanol–water partition coefficient (Wildman–Crippen LogP) is 2.26. The maximum atomic E-state index is 11.9. The number of carbonyl (C=O) groups excluding carboxylic acids is 1. The van der Waals surface area contributed by atoms with Crippen LogP contribution in [0.1, 0.15) is 39.7 Å². The van der Waals surface area contributed by atoms with Gasteiger partial charge in [-0.05, 0) is 45.2 Å². The zero-order valence-electron chi connectivity index (χ0n) is 12.8. The SMILES string of the molecule is CCC(N)Cc1ccccc1OC(C)C(=O)NC(C)C. The summed E-state index contributed by atoms with van der Waals surface area (Å²) in [6, 6.07) is 7.97. The second-order valence-corrected chi connectivity index (χ2v) is 5.40. The first-order valence-corrected chi connectivity index (χ1v) is 7.24. The van der Waals surface area contributed by atoms with Gasteiger partial charge in [0.1, 0.15) is 5.75 Å². The molecule has 4 heteroatoms. The van der Waals surface area contributed by atoms with Gasteiger partial charge in [0, 0.05) is 12.1 Å². The fourth-order valence-corrected chi connectivity index (χ4v) is 1.86. The van der Waals surface area contributed by atoms with Crippen molar-refractivity contribution in [1.82, 2.24) is 5.32 Å². The highest BCUT2D eigenvalue weighted by Gasteiger charge is 2.17. The van der Waals surface area contributed by atoms with Gasteiger partial charge in [0.25, 0.3) is 5.91 Å². The van der Waals surface area contributed by atoms with E-state index in [0.717, 1.165) is 24.2 Å². The molecule has 1 aromatic rings. The van der Waals surface area contributed by atoms with E-state index in [2.05, 4.69) is 12.2 Å². The van der Waals surface area contributed by atoms with E-state index in [4.69, 9.17) is 10.5 Å². The molecule has 0 saturated heterocycles. The Hall–Kier alpha value is -1.55. The third-order valence-electron chi connectivity index (χ3n) is 3.08. The van der Waals surface area contributed by atoms with Crippen molar-refractivity contribution in [1.29, 1.82) is 0 Å². The summed E-state index contributed by atoms with van der Waals surface area (Å²) < 4.78 is 5.79. The van der Waals surface area contributed by atoms with Gasteiger partial charge in [-0.3, -0.25) is 4.79 Å². The Morgan fingerprint density at radius 1 is 1.30 bits per heavy atom. The first-order chi connectivity index (χ1) is 9.43. The lowest BCUT2D eigenvalue weighted by Gasteiger charge is -2.19. The van der Waals surface area contributed by atoms with E-state index >= 15 is 0 Å². The zero-order chi connectivity index (χ0) is 15.1. The number of nitrogens with two attached hydrogens (primary N) is 1. The van der Waals surface area contributed by atoms with E-state index in [0.29, 0.717) is 0 Å². The normalized spacial score (nSPS) is 13.9. The molecule has 20 heavy (non-hydrogen) atoms. The number of nitrogens with one attached hydrogen (secondary N) is 1. The largest absolute Gasteiger partial charge is 0.481 e. The number of hydrogen-bond donors (Lipinski definition) is 2. The molecule has 0 aliphatic heterocycles. The predicted molar refractivity (Wildman–Crippen MR) is 81.8 cm³/mol. The molecule has 3 N–H and O–H groups in total. The molecule has 0 aromatic heterocycles. The first kappa shape index (κ1) is 16.5. The fourth-order valence-electron chi connectivity index (χ4n) is 1.86. The van der Waals surface area contributed by atoms with Gasteiger partial charge in [-0.15, -0.1) is 0 Å². The third-order valence-corrected chi connectivity index (χ3v) is 3.08.